The van der Waals surface area contributed by atoms with E-state index in [0.717, 1.165) is 5.75 Å². The van der Waals surface area contributed by atoms with Crippen LogP contribution in [0.15, 0.2) is 48.5 Å². The molecule has 0 fully saturated rings. The van der Waals surface area contributed by atoms with Gasteiger partial charge in [-0.25, -0.2) is 0 Å². The minimum absolute atomic E-state index is 0.127. The summed E-state index contributed by atoms with van der Waals surface area (Å²) in [7, 11) is 1.55. The number of rotatable bonds is 11. The molecule has 0 aliphatic heterocycles. The molecule has 2 aromatic carbocycles. The van der Waals surface area contributed by atoms with Gasteiger partial charge in [0.25, 0.3) is 5.91 Å². The van der Waals surface area contributed by atoms with Crippen LogP contribution in [0.4, 0.5) is 5.69 Å². The van der Waals surface area contributed by atoms with Gasteiger partial charge in [0.05, 0.1) is 13.7 Å². The Morgan fingerprint density at radius 3 is 2.03 bits per heavy atom. The highest BCUT2D eigenvalue weighted by atomic mass is 16.5. The van der Waals surface area contributed by atoms with E-state index in [9.17, 15) is 14.4 Å². The van der Waals surface area contributed by atoms with Crippen LogP contribution in [-0.2, 0) is 9.59 Å². The molecule has 0 aliphatic carbocycles. The van der Waals surface area contributed by atoms with Crippen molar-refractivity contribution in [3.8, 4) is 11.5 Å². The van der Waals surface area contributed by atoms with Gasteiger partial charge < -0.3 is 25.4 Å². The molecular formula is C22H27N3O5. The third-order valence-electron chi connectivity index (χ3n) is 4.11. The Morgan fingerprint density at radius 2 is 1.40 bits per heavy atom. The lowest BCUT2D eigenvalue weighted by Crippen LogP contribution is -2.32. The summed E-state index contributed by atoms with van der Waals surface area (Å²) in [6, 6.07) is 13.8. The van der Waals surface area contributed by atoms with E-state index >= 15 is 0 Å². The molecule has 8 nitrogen and oxygen atoms in total. The summed E-state index contributed by atoms with van der Waals surface area (Å²) in [6.45, 7) is 2.90. The van der Waals surface area contributed by atoms with Crippen molar-refractivity contribution < 1.29 is 23.9 Å². The second-order valence-electron chi connectivity index (χ2n) is 6.34. The normalized spacial score (nSPS) is 10.1. The largest absolute Gasteiger partial charge is 0.497 e. The summed E-state index contributed by atoms with van der Waals surface area (Å²) in [5, 5.41) is 8.11. The molecule has 0 saturated carbocycles. The number of methoxy groups -OCH3 is 1. The Balaban J connectivity index is 1.61. The smallest absolute Gasteiger partial charge is 0.251 e. The Bertz CT molecular complexity index is 835. The highest BCUT2D eigenvalue weighted by Crippen LogP contribution is 2.15. The Labute approximate surface area is 175 Å². The summed E-state index contributed by atoms with van der Waals surface area (Å²) in [6.07, 6.45) is 0.277. The van der Waals surface area contributed by atoms with Crippen LogP contribution in [0.1, 0.15) is 30.1 Å². The maximum atomic E-state index is 12.0. The fraction of sp³-hybridized carbons (Fsp3) is 0.318. The van der Waals surface area contributed by atoms with Crippen LogP contribution in [0.5, 0.6) is 11.5 Å². The lowest BCUT2D eigenvalue weighted by molar-refractivity contribution is -0.121. The molecule has 30 heavy (non-hydrogen) atoms. The molecule has 0 radical (unpaired) electrons. The van der Waals surface area contributed by atoms with E-state index in [4.69, 9.17) is 9.47 Å². The van der Waals surface area contributed by atoms with Crippen LogP contribution in [-0.4, -0.2) is 44.5 Å². The van der Waals surface area contributed by atoms with Gasteiger partial charge in [-0.1, -0.05) is 0 Å². The standard InChI is InChI=1S/C22H27N3O5/c1-3-30-19-10-6-17(7-11-19)25-21(27)13-14-23-20(26)12-15-24-22(28)16-4-8-18(29-2)9-5-16/h4-11H,3,12-15H2,1-2H3,(H,23,26)(H,24,28)(H,25,27). The van der Waals surface area contributed by atoms with E-state index in [1.54, 1.807) is 55.6 Å². The molecular weight excluding hydrogens is 386 g/mol. The van der Waals surface area contributed by atoms with Crippen molar-refractivity contribution in [3.63, 3.8) is 0 Å². The van der Waals surface area contributed by atoms with Gasteiger partial charge in [-0.3, -0.25) is 14.4 Å². The summed E-state index contributed by atoms with van der Waals surface area (Å²) >= 11 is 0. The minimum atomic E-state index is -0.264. The van der Waals surface area contributed by atoms with E-state index in [2.05, 4.69) is 16.0 Å². The number of hydrogen-bond donors (Lipinski definition) is 3. The van der Waals surface area contributed by atoms with E-state index in [-0.39, 0.29) is 43.7 Å². The number of benzene rings is 2. The number of amides is 3. The van der Waals surface area contributed by atoms with Crippen LogP contribution in [0.2, 0.25) is 0 Å². The number of anilines is 1. The highest BCUT2D eigenvalue weighted by molar-refractivity contribution is 5.94. The van der Waals surface area contributed by atoms with Gasteiger partial charge in [-0.15, -0.1) is 0 Å². The van der Waals surface area contributed by atoms with Gasteiger partial charge in [-0.05, 0) is 55.5 Å². The van der Waals surface area contributed by atoms with Crippen LogP contribution in [0.3, 0.4) is 0 Å². The summed E-state index contributed by atoms with van der Waals surface area (Å²) in [5.41, 5.74) is 1.15. The average Bonchev–Trinajstić information content (AvgIpc) is 2.75. The van der Waals surface area contributed by atoms with Gasteiger partial charge in [0.15, 0.2) is 0 Å². The highest BCUT2D eigenvalue weighted by Gasteiger charge is 2.08. The molecule has 0 aromatic heterocycles. The summed E-state index contributed by atoms with van der Waals surface area (Å²) in [4.78, 5) is 35.8. The van der Waals surface area contributed by atoms with Crippen molar-refractivity contribution in [2.75, 3.05) is 32.1 Å². The summed E-state index contributed by atoms with van der Waals surface area (Å²) < 4.78 is 10.4. The first kappa shape index (κ1) is 22.7. The van der Waals surface area contributed by atoms with Gasteiger partial charge in [0.1, 0.15) is 11.5 Å². The molecule has 160 valence electrons. The Kier molecular flexibility index (Phi) is 9.18. The van der Waals surface area contributed by atoms with E-state index < -0.39 is 0 Å². The fourth-order valence-electron chi connectivity index (χ4n) is 2.56. The number of nitrogens with one attached hydrogen (secondary N) is 3. The van der Waals surface area contributed by atoms with E-state index in [1.165, 1.54) is 0 Å². The molecule has 0 unspecified atom stereocenters. The molecule has 2 aromatic rings. The first-order chi connectivity index (χ1) is 14.5. The third-order valence-corrected chi connectivity index (χ3v) is 4.11. The molecule has 0 heterocycles. The number of carbonyl (C=O) groups is 3. The topological polar surface area (TPSA) is 106 Å². The van der Waals surface area contributed by atoms with Gasteiger partial charge in [0.2, 0.25) is 11.8 Å². The van der Waals surface area contributed by atoms with E-state index in [0.29, 0.717) is 23.6 Å². The maximum Gasteiger partial charge on any atom is 0.251 e. The van der Waals surface area contributed by atoms with Crippen molar-refractivity contribution in [1.82, 2.24) is 10.6 Å². The van der Waals surface area contributed by atoms with Crippen molar-refractivity contribution in [2.24, 2.45) is 0 Å². The first-order valence-corrected chi connectivity index (χ1v) is 9.73. The number of hydrogen-bond acceptors (Lipinski definition) is 5. The monoisotopic (exact) mass is 413 g/mol. The molecule has 0 spiro atoms. The zero-order valence-corrected chi connectivity index (χ0v) is 17.2. The lowest BCUT2D eigenvalue weighted by Gasteiger charge is -2.09. The minimum Gasteiger partial charge on any atom is -0.497 e. The Hall–Kier alpha value is -3.55. The predicted octanol–water partition coefficient (Wildman–Crippen LogP) is 2.36. The number of carbonyl (C=O) groups excluding carboxylic acids is 3. The van der Waals surface area contributed by atoms with Crippen molar-refractivity contribution >= 4 is 23.4 Å². The van der Waals surface area contributed by atoms with Crippen LogP contribution >= 0.6 is 0 Å². The first-order valence-electron chi connectivity index (χ1n) is 9.73. The van der Waals surface area contributed by atoms with Crippen LogP contribution in [0, 0.1) is 0 Å². The molecule has 3 amide bonds. The Morgan fingerprint density at radius 1 is 0.800 bits per heavy atom. The summed E-state index contributed by atoms with van der Waals surface area (Å²) in [5.74, 6) is 0.700. The van der Waals surface area contributed by atoms with E-state index in [1.807, 2.05) is 6.92 Å². The maximum absolute atomic E-state index is 12.0. The average molecular weight is 413 g/mol. The van der Waals surface area contributed by atoms with Crippen LogP contribution in [0.25, 0.3) is 0 Å². The number of ether oxygens (including phenoxy) is 2. The van der Waals surface area contributed by atoms with Crippen molar-refractivity contribution in [2.45, 2.75) is 19.8 Å². The van der Waals surface area contributed by atoms with Gasteiger partial charge in [0, 0.05) is 37.2 Å². The second kappa shape index (κ2) is 12.1. The molecule has 0 aliphatic rings. The zero-order chi connectivity index (χ0) is 21.8. The third kappa shape index (κ3) is 7.83. The quantitative estimate of drug-likeness (QED) is 0.524. The van der Waals surface area contributed by atoms with Gasteiger partial charge in [-0.2, -0.15) is 0 Å². The lowest BCUT2D eigenvalue weighted by atomic mass is 10.2. The molecule has 0 atom stereocenters. The van der Waals surface area contributed by atoms with Crippen molar-refractivity contribution in [3.05, 3.63) is 54.1 Å². The SMILES string of the molecule is CCOc1ccc(NC(=O)CCNC(=O)CCNC(=O)c2ccc(OC)cc2)cc1. The predicted molar refractivity (Wildman–Crippen MR) is 114 cm³/mol. The zero-order valence-electron chi connectivity index (χ0n) is 17.2. The molecule has 8 heteroatoms. The fourth-order valence-corrected chi connectivity index (χ4v) is 2.56. The molecule has 3 N–H and O–H groups in total. The van der Waals surface area contributed by atoms with Gasteiger partial charge >= 0.3 is 0 Å². The van der Waals surface area contributed by atoms with Crippen molar-refractivity contribution in [1.29, 1.82) is 0 Å². The molecule has 0 saturated heterocycles. The second-order valence-corrected chi connectivity index (χ2v) is 6.34. The van der Waals surface area contributed by atoms with Crippen LogP contribution < -0.4 is 25.4 Å². The molecule has 0 bridgehead atoms. The molecule has 2 rings (SSSR count).